The summed E-state index contributed by atoms with van der Waals surface area (Å²) in [5, 5.41) is 0. The van der Waals surface area contributed by atoms with Crippen molar-refractivity contribution >= 4 is 5.91 Å². The van der Waals surface area contributed by atoms with Crippen LogP contribution >= 0.6 is 0 Å². The molecule has 0 aliphatic carbocycles. The first-order valence-electron chi connectivity index (χ1n) is 6.96. The van der Waals surface area contributed by atoms with Gasteiger partial charge in [-0.25, -0.2) is 0 Å². The summed E-state index contributed by atoms with van der Waals surface area (Å²) in [4.78, 5) is 11.3. The summed E-state index contributed by atoms with van der Waals surface area (Å²) in [5.41, 5.74) is 6.50. The maximum Gasteiger partial charge on any atom is 0.248 e. The molecule has 0 aromatic heterocycles. The third-order valence-electron chi connectivity index (χ3n) is 3.08. The van der Waals surface area contributed by atoms with Crippen molar-refractivity contribution in [2.45, 2.75) is 13.5 Å². The second-order valence-electron chi connectivity index (χ2n) is 4.59. The summed E-state index contributed by atoms with van der Waals surface area (Å²) < 4.78 is 16.4. The Hall–Kier alpha value is -2.69. The molecular weight excluding hydrogens is 282 g/mol. The van der Waals surface area contributed by atoms with Gasteiger partial charge in [0.25, 0.3) is 0 Å². The molecule has 0 bridgehead atoms. The van der Waals surface area contributed by atoms with Crippen molar-refractivity contribution in [3.8, 4) is 17.2 Å². The predicted molar refractivity (Wildman–Crippen MR) is 83.5 cm³/mol. The number of amides is 1. The zero-order chi connectivity index (χ0) is 15.9. The van der Waals surface area contributed by atoms with Gasteiger partial charge >= 0.3 is 0 Å². The number of methoxy groups -OCH3 is 1. The Labute approximate surface area is 129 Å². The third kappa shape index (κ3) is 3.91. The van der Waals surface area contributed by atoms with E-state index in [9.17, 15) is 4.79 Å². The number of hydrogen-bond donors (Lipinski definition) is 1. The molecule has 116 valence electrons. The van der Waals surface area contributed by atoms with E-state index in [1.54, 1.807) is 31.4 Å². The first-order chi connectivity index (χ1) is 10.6. The predicted octanol–water partition coefficient (Wildman–Crippen LogP) is 2.77. The molecule has 2 rings (SSSR count). The normalized spacial score (nSPS) is 10.1. The van der Waals surface area contributed by atoms with Crippen molar-refractivity contribution in [2.24, 2.45) is 5.73 Å². The largest absolute Gasteiger partial charge is 0.497 e. The van der Waals surface area contributed by atoms with Gasteiger partial charge in [0, 0.05) is 17.2 Å². The number of hydrogen-bond acceptors (Lipinski definition) is 4. The van der Waals surface area contributed by atoms with Crippen molar-refractivity contribution in [2.75, 3.05) is 13.7 Å². The second kappa shape index (κ2) is 7.36. The fourth-order valence-corrected chi connectivity index (χ4v) is 1.99. The van der Waals surface area contributed by atoms with Gasteiger partial charge < -0.3 is 19.9 Å². The van der Waals surface area contributed by atoms with Gasteiger partial charge in [-0.15, -0.1) is 0 Å². The molecule has 5 heteroatoms. The van der Waals surface area contributed by atoms with Crippen molar-refractivity contribution < 1.29 is 19.0 Å². The van der Waals surface area contributed by atoms with E-state index in [1.165, 1.54) is 0 Å². The maximum atomic E-state index is 11.3. The lowest BCUT2D eigenvalue weighted by Gasteiger charge is -2.13. The van der Waals surface area contributed by atoms with Gasteiger partial charge in [0.15, 0.2) is 0 Å². The van der Waals surface area contributed by atoms with Gasteiger partial charge in [-0.05, 0) is 37.3 Å². The van der Waals surface area contributed by atoms with E-state index in [-0.39, 0.29) is 6.61 Å². The van der Waals surface area contributed by atoms with E-state index >= 15 is 0 Å². The summed E-state index contributed by atoms with van der Waals surface area (Å²) >= 11 is 0. The monoisotopic (exact) mass is 301 g/mol. The van der Waals surface area contributed by atoms with Gasteiger partial charge in [0.1, 0.15) is 23.9 Å². The van der Waals surface area contributed by atoms with Crippen LogP contribution in [0, 0.1) is 0 Å². The highest BCUT2D eigenvalue weighted by molar-refractivity contribution is 5.93. The van der Waals surface area contributed by atoms with Crippen LogP contribution in [0.15, 0.2) is 42.5 Å². The van der Waals surface area contributed by atoms with Crippen LogP contribution in [0.3, 0.4) is 0 Å². The van der Waals surface area contributed by atoms with Crippen LogP contribution < -0.4 is 19.9 Å². The number of ether oxygens (including phenoxy) is 3. The summed E-state index contributed by atoms with van der Waals surface area (Å²) in [6, 6.07) is 12.4. The number of carbonyl (C=O) groups excluding carboxylic acids is 1. The van der Waals surface area contributed by atoms with Crippen LogP contribution in [0.4, 0.5) is 0 Å². The minimum absolute atomic E-state index is 0.267. The highest BCUT2D eigenvalue weighted by Gasteiger charge is 2.09. The molecule has 2 aromatic carbocycles. The van der Waals surface area contributed by atoms with Crippen LogP contribution in [0.25, 0.3) is 0 Å². The van der Waals surface area contributed by atoms with Crippen molar-refractivity contribution in [3.05, 3.63) is 53.6 Å². The van der Waals surface area contributed by atoms with Crippen molar-refractivity contribution in [3.63, 3.8) is 0 Å². The molecule has 0 heterocycles. The highest BCUT2D eigenvalue weighted by Crippen LogP contribution is 2.24. The summed E-state index contributed by atoms with van der Waals surface area (Å²) in [5.74, 6) is 1.58. The molecule has 0 saturated carbocycles. The Morgan fingerprint density at radius 1 is 1.09 bits per heavy atom. The van der Waals surface area contributed by atoms with Crippen LogP contribution in [0.2, 0.25) is 0 Å². The number of carbonyl (C=O) groups is 1. The van der Waals surface area contributed by atoms with Crippen LogP contribution in [0.1, 0.15) is 22.8 Å². The van der Waals surface area contributed by atoms with E-state index in [0.29, 0.717) is 29.4 Å². The average Bonchev–Trinajstić information content (AvgIpc) is 2.54. The minimum atomic E-state index is -0.481. The molecule has 0 saturated heterocycles. The second-order valence-corrected chi connectivity index (χ2v) is 4.59. The Balaban J connectivity index is 2.19. The zero-order valence-electron chi connectivity index (χ0n) is 12.7. The Kier molecular flexibility index (Phi) is 5.25. The maximum absolute atomic E-state index is 11.3. The first kappa shape index (κ1) is 15.7. The molecule has 2 N–H and O–H groups in total. The van der Waals surface area contributed by atoms with Gasteiger partial charge in [0.2, 0.25) is 5.91 Å². The molecule has 0 fully saturated rings. The molecule has 5 nitrogen and oxygen atoms in total. The third-order valence-corrected chi connectivity index (χ3v) is 3.08. The number of rotatable bonds is 7. The Bertz CT molecular complexity index is 655. The molecule has 22 heavy (non-hydrogen) atoms. The van der Waals surface area contributed by atoms with Crippen LogP contribution in [-0.4, -0.2) is 19.6 Å². The Morgan fingerprint density at radius 3 is 2.55 bits per heavy atom. The SMILES string of the molecule is CCOc1ccc(C(N)=O)cc1COc1cccc(OC)c1. The van der Waals surface area contributed by atoms with E-state index < -0.39 is 5.91 Å². The van der Waals surface area contributed by atoms with Crippen molar-refractivity contribution in [1.82, 2.24) is 0 Å². The molecule has 0 aliphatic heterocycles. The van der Waals surface area contributed by atoms with E-state index in [1.807, 2.05) is 25.1 Å². The number of primary amides is 1. The van der Waals surface area contributed by atoms with Crippen LogP contribution in [0.5, 0.6) is 17.2 Å². The van der Waals surface area contributed by atoms with Gasteiger partial charge in [-0.3, -0.25) is 4.79 Å². The molecule has 0 radical (unpaired) electrons. The standard InChI is InChI=1S/C17H19NO4/c1-3-21-16-8-7-12(17(18)19)9-13(16)11-22-15-6-4-5-14(10-15)20-2/h4-10H,3,11H2,1-2H3,(H2,18,19). The fraction of sp³-hybridized carbons (Fsp3) is 0.235. The van der Waals surface area contributed by atoms with Gasteiger partial charge in [-0.1, -0.05) is 6.07 Å². The van der Waals surface area contributed by atoms with Gasteiger partial charge in [0.05, 0.1) is 13.7 Å². The molecule has 0 aliphatic rings. The quantitative estimate of drug-likeness (QED) is 0.853. The minimum Gasteiger partial charge on any atom is -0.497 e. The molecular formula is C17H19NO4. The molecule has 0 spiro atoms. The average molecular weight is 301 g/mol. The lowest BCUT2D eigenvalue weighted by Crippen LogP contribution is -2.12. The van der Waals surface area contributed by atoms with Crippen molar-refractivity contribution in [1.29, 1.82) is 0 Å². The highest BCUT2D eigenvalue weighted by atomic mass is 16.5. The topological polar surface area (TPSA) is 70.8 Å². The lowest BCUT2D eigenvalue weighted by atomic mass is 10.1. The Morgan fingerprint density at radius 2 is 1.86 bits per heavy atom. The smallest absolute Gasteiger partial charge is 0.248 e. The van der Waals surface area contributed by atoms with E-state index in [4.69, 9.17) is 19.9 Å². The van der Waals surface area contributed by atoms with E-state index in [0.717, 1.165) is 5.56 Å². The number of nitrogens with two attached hydrogens (primary N) is 1. The fourth-order valence-electron chi connectivity index (χ4n) is 1.99. The molecule has 1 amide bonds. The number of benzene rings is 2. The molecule has 0 unspecified atom stereocenters. The first-order valence-corrected chi connectivity index (χ1v) is 6.96. The molecule has 2 aromatic rings. The van der Waals surface area contributed by atoms with Crippen LogP contribution in [-0.2, 0) is 6.61 Å². The summed E-state index contributed by atoms with van der Waals surface area (Å²) in [6.07, 6.45) is 0. The summed E-state index contributed by atoms with van der Waals surface area (Å²) in [7, 11) is 1.60. The van der Waals surface area contributed by atoms with Gasteiger partial charge in [-0.2, -0.15) is 0 Å². The zero-order valence-corrected chi connectivity index (χ0v) is 12.7. The molecule has 0 atom stereocenters. The lowest BCUT2D eigenvalue weighted by molar-refractivity contribution is 0.1000. The summed E-state index contributed by atoms with van der Waals surface area (Å²) in [6.45, 7) is 2.69. The van der Waals surface area contributed by atoms with E-state index in [2.05, 4.69) is 0 Å².